The smallest absolute Gasteiger partial charge is 0.407 e. The van der Waals surface area contributed by atoms with E-state index in [1.807, 2.05) is 73.5 Å². The van der Waals surface area contributed by atoms with Crippen molar-refractivity contribution in [2.45, 2.75) is 31.8 Å². The zero-order valence-electron chi connectivity index (χ0n) is 23.5. The predicted octanol–water partition coefficient (Wildman–Crippen LogP) is 4.59. The first-order valence-corrected chi connectivity index (χ1v) is 14.2. The van der Waals surface area contributed by atoms with Gasteiger partial charge >= 0.3 is 12.1 Å². The SMILES string of the molecule is CC1CCN(C(=O)C(CN(C)Cc2ccccc2)NC(=O)OCC2c3ccccc3-c3ccccc32)CC1C(=O)O. The van der Waals surface area contributed by atoms with E-state index in [2.05, 4.69) is 29.6 Å². The summed E-state index contributed by atoms with van der Waals surface area (Å²) < 4.78 is 5.75. The van der Waals surface area contributed by atoms with Gasteiger partial charge in [0.25, 0.3) is 0 Å². The number of carboxylic acid groups (broad SMARTS) is 1. The first-order chi connectivity index (χ1) is 19.8. The first-order valence-electron chi connectivity index (χ1n) is 14.2. The van der Waals surface area contributed by atoms with Crippen molar-refractivity contribution in [2.24, 2.45) is 11.8 Å². The number of nitrogens with one attached hydrogen (secondary N) is 1. The number of rotatable bonds is 9. The monoisotopic (exact) mass is 555 g/mol. The molecular weight excluding hydrogens is 518 g/mol. The highest BCUT2D eigenvalue weighted by Crippen LogP contribution is 2.44. The van der Waals surface area contributed by atoms with Gasteiger partial charge in [0.15, 0.2) is 0 Å². The predicted molar refractivity (Wildman–Crippen MR) is 156 cm³/mol. The third-order valence-electron chi connectivity index (χ3n) is 8.31. The molecular formula is C33H37N3O5. The van der Waals surface area contributed by atoms with E-state index in [1.165, 1.54) is 0 Å². The van der Waals surface area contributed by atoms with E-state index in [9.17, 15) is 19.5 Å². The van der Waals surface area contributed by atoms with Crippen molar-refractivity contribution >= 4 is 18.0 Å². The molecule has 41 heavy (non-hydrogen) atoms. The van der Waals surface area contributed by atoms with Crippen LogP contribution in [0.1, 0.15) is 36.0 Å². The molecule has 0 spiro atoms. The number of carboxylic acids is 1. The van der Waals surface area contributed by atoms with Crippen molar-refractivity contribution in [1.82, 2.24) is 15.1 Å². The zero-order valence-corrected chi connectivity index (χ0v) is 23.5. The Balaban J connectivity index is 1.29. The van der Waals surface area contributed by atoms with Crippen molar-refractivity contribution in [2.75, 3.05) is 33.3 Å². The molecule has 0 bridgehead atoms. The third kappa shape index (κ3) is 6.43. The van der Waals surface area contributed by atoms with Gasteiger partial charge in [-0.25, -0.2) is 4.79 Å². The van der Waals surface area contributed by atoms with Crippen LogP contribution in [0.4, 0.5) is 4.79 Å². The molecule has 3 aromatic carbocycles. The third-order valence-corrected chi connectivity index (χ3v) is 8.31. The quantitative estimate of drug-likeness (QED) is 0.401. The van der Waals surface area contributed by atoms with Crippen molar-refractivity contribution in [3.8, 4) is 11.1 Å². The molecule has 0 saturated carbocycles. The van der Waals surface area contributed by atoms with Gasteiger partial charge in [-0.2, -0.15) is 0 Å². The van der Waals surface area contributed by atoms with Crippen LogP contribution >= 0.6 is 0 Å². The van der Waals surface area contributed by atoms with Gasteiger partial charge in [-0.15, -0.1) is 0 Å². The summed E-state index contributed by atoms with van der Waals surface area (Å²) in [6, 6.07) is 25.3. The lowest BCUT2D eigenvalue weighted by atomic mass is 9.87. The van der Waals surface area contributed by atoms with Gasteiger partial charge in [0.05, 0.1) is 5.92 Å². The topological polar surface area (TPSA) is 99.2 Å². The molecule has 8 heteroatoms. The number of likely N-dealkylation sites (tertiary alicyclic amines) is 1. The van der Waals surface area contributed by atoms with E-state index in [-0.39, 0.29) is 37.4 Å². The molecule has 5 rings (SSSR count). The maximum absolute atomic E-state index is 13.7. The summed E-state index contributed by atoms with van der Waals surface area (Å²) in [6.07, 6.45) is -0.0706. The van der Waals surface area contributed by atoms with E-state index in [4.69, 9.17) is 4.74 Å². The summed E-state index contributed by atoms with van der Waals surface area (Å²) >= 11 is 0. The molecule has 1 saturated heterocycles. The minimum Gasteiger partial charge on any atom is -0.481 e. The maximum Gasteiger partial charge on any atom is 0.407 e. The number of alkyl carbamates (subject to hydrolysis) is 1. The Morgan fingerprint density at radius 2 is 1.59 bits per heavy atom. The largest absolute Gasteiger partial charge is 0.481 e. The summed E-state index contributed by atoms with van der Waals surface area (Å²) in [6.45, 7) is 3.47. The van der Waals surface area contributed by atoms with Crippen LogP contribution in [0.3, 0.4) is 0 Å². The fraction of sp³-hybridized carbons (Fsp3) is 0.364. The summed E-state index contributed by atoms with van der Waals surface area (Å²) in [7, 11) is 1.89. The summed E-state index contributed by atoms with van der Waals surface area (Å²) in [5, 5.41) is 12.5. The average molecular weight is 556 g/mol. The van der Waals surface area contributed by atoms with E-state index in [0.29, 0.717) is 19.5 Å². The maximum atomic E-state index is 13.7. The Kier molecular flexibility index (Phi) is 8.69. The number of benzene rings is 3. The Hall–Kier alpha value is -4.17. The van der Waals surface area contributed by atoms with Crippen LogP contribution in [0.15, 0.2) is 78.9 Å². The van der Waals surface area contributed by atoms with Gasteiger partial charge in [0.1, 0.15) is 12.6 Å². The molecule has 0 aromatic heterocycles. The van der Waals surface area contributed by atoms with Crippen LogP contribution in [0, 0.1) is 11.8 Å². The average Bonchev–Trinajstić information content (AvgIpc) is 3.29. The van der Waals surface area contributed by atoms with Crippen molar-refractivity contribution in [3.05, 3.63) is 95.6 Å². The number of ether oxygens (including phenoxy) is 1. The number of hydrogen-bond donors (Lipinski definition) is 2. The fourth-order valence-electron chi connectivity index (χ4n) is 6.05. The molecule has 1 aliphatic carbocycles. The van der Waals surface area contributed by atoms with Gasteiger partial charge in [0.2, 0.25) is 5.91 Å². The molecule has 1 heterocycles. The Morgan fingerprint density at radius 3 is 2.22 bits per heavy atom. The van der Waals surface area contributed by atoms with Gasteiger partial charge in [-0.3, -0.25) is 14.5 Å². The fourth-order valence-corrected chi connectivity index (χ4v) is 6.05. The molecule has 3 unspecified atom stereocenters. The van der Waals surface area contributed by atoms with Crippen molar-refractivity contribution in [1.29, 1.82) is 0 Å². The van der Waals surface area contributed by atoms with E-state index >= 15 is 0 Å². The number of piperidine rings is 1. The second-order valence-electron chi connectivity index (χ2n) is 11.2. The Bertz CT molecular complexity index is 1350. The number of aliphatic carboxylic acids is 1. The molecule has 8 nitrogen and oxygen atoms in total. The summed E-state index contributed by atoms with van der Waals surface area (Å²) in [5.74, 6) is -1.95. The lowest BCUT2D eigenvalue weighted by Gasteiger charge is -2.37. The zero-order chi connectivity index (χ0) is 28.9. The molecule has 2 N–H and O–H groups in total. The standard InChI is InChI=1S/C33H37N3O5/c1-22-16-17-36(19-28(22)32(38)39)31(37)30(20-35(2)18-23-10-4-3-5-11-23)34-33(40)41-21-29-26-14-8-6-12-24(26)25-13-7-9-15-27(25)29/h3-15,22,28-30H,16-21H2,1-2H3,(H,34,40)(H,38,39). The van der Waals surface area contributed by atoms with Crippen LogP contribution in [-0.2, 0) is 20.9 Å². The van der Waals surface area contributed by atoms with Crippen molar-refractivity contribution in [3.63, 3.8) is 0 Å². The highest BCUT2D eigenvalue weighted by Gasteiger charge is 2.37. The van der Waals surface area contributed by atoms with Crippen LogP contribution in [0.2, 0.25) is 0 Å². The molecule has 0 radical (unpaired) electrons. The van der Waals surface area contributed by atoms with Gasteiger partial charge in [0, 0.05) is 32.1 Å². The summed E-state index contributed by atoms with van der Waals surface area (Å²) in [4.78, 5) is 42.2. The lowest BCUT2D eigenvalue weighted by Crippen LogP contribution is -2.56. The van der Waals surface area contributed by atoms with Gasteiger partial charge in [-0.1, -0.05) is 85.8 Å². The highest BCUT2D eigenvalue weighted by molar-refractivity contribution is 5.87. The molecule has 3 atom stereocenters. The van der Waals surface area contributed by atoms with Crippen LogP contribution in [0.5, 0.6) is 0 Å². The molecule has 214 valence electrons. The first kappa shape index (κ1) is 28.4. The molecule has 2 aliphatic rings. The van der Waals surface area contributed by atoms with Crippen molar-refractivity contribution < 1.29 is 24.2 Å². The Labute approximate surface area is 240 Å². The normalized spacial score (nSPS) is 18.9. The van der Waals surface area contributed by atoms with Crippen LogP contribution in [0.25, 0.3) is 11.1 Å². The minimum absolute atomic E-state index is 0.0224. The van der Waals surface area contributed by atoms with E-state index < -0.39 is 24.0 Å². The van der Waals surface area contributed by atoms with E-state index in [1.54, 1.807) is 4.90 Å². The van der Waals surface area contributed by atoms with Gasteiger partial charge < -0.3 is 20.1 Å². The summed E-state index contributed by atoms with van der Waals surface area (Å²) in [5.41, 5.74) is 5.58. The Morgan fingerprint density at radius 1 is 0.976 bits per heavy atom. The van der Waals surface area contributed by atoms with Crippen LogP contribution in [-0.4, -0.2) is 72.2 Å². The second kappa shape index (κ2) is 12.6. The number of nitrogens with zero attached hydrogens (tertiary/aromatic N) is 2. The molecule has 3 aromatic rings. The van der Waals surface area contributed by atoms with Crippen LogP contribution < -0.4 is 5.32 Å². The molecule has 2 amide bonds. The minimum atomic E-state index is -0.905. The number of carbonyl (C=O) groups excluding carboxylic acids is 2. The second-order valence-corrected chi connectivity index (χ2v) is 11.2. The number of amides is 2. The number of likely N-dealkylation sites (N-methyl/N-ethyl adjacent to an activating group) is 1. The highest BCUT2D eigenvalue weighted by atomic mass is 16.5. The van der Waals surface area contributed by atoms with Gasteiger partial charge in [-0.05, 0) is 47.2 Å². The van der Waals surface area contributed by atoms with E-state index in [0.717, 1.165) is 27.8 Å². The molecule has 1 aliphatic heterocycles. The lowest BCUT2D eigenvalue weighted by molar-refractivity contribution is -0.148. The number of hydrogen-bond acceptors (Lipinski definition) is 5. The molecule has 1 fully saturated rings. The number of fused-ring (bicyclic) bond motifs is 3. The number of carbonyl (C=O) groups is 3.